The van der Waals surface area contributed by atoms with Crippen molar-refractivity contribution in [3.63, 3.8) is 0 Å². The first-order valence-corrected chi connectivity index (χ1v) is 4.86. The summed E-state index contributed by atoms with van der Waals surface area (Å²) in [5.41, 5.74) is 1.03. The van der Waals surface area contributed by atoms with Crippen LogP contribution in [-0.4, -0.2) is 25.8 Å². The molecule has 5 nitrogen and oxygen atoms in total. The number of hydrogen-bond donors (Lipinski definition) is 1. The number of carboxylic acids is 1. The summed E-state index contributed by atoms with van der Waals surface area (Å²) in [6.07, 6.45) is 4.68. The summed E-state index contributed by atoms with van der Waals surface area (Å²) < 4.78 is 1.50. The zero-order valence-corrected chi connectivity index (χ0v) is 9.14. The van der Waals surface area contributed by atoms with Crippen molar-refractivity contribution < 1.29 is 9.90 Å². The van der Waals surface area contributed by atoms with Gasteiger partial charge in [0.2, 0.25) is 0 Å². The van der Waals surface area contributed by atoms with Crippen LogP contribution in [0, 0.1) is 6.92 Å². The van der Waals surface area contributed by atoms with E-state index in [0.29, 0.717) is 5.82 Å². The fourth-order valence-electron chi connectivity index (χ4n) is 1.24. The van der Waals surface area contributed by atoms with Crippen molar-refractivity contribution in [3.8, 4) is 5.82 Å². The van der Waals surface area contributed by atoms with Gasteiger partial charge in [-0.3, -0.25) is 0 Å². The minimum Gasteiger partial charge on any atom is -0.478 e. The molecule has 0 amide bonds. The molecule has 1 N–H and O–H groups in total. The summed E-state index contributed by atoms with van der Waals surface area (Å²) in [6.45, 7) is 1.89. The molecule has 0 unspecified atom stereocenters. The van der Waals surface area contributed by atoms with E-state index in [2.05, 4.69) is 10.1 Å². The van der Waals surface area contributed by atoms with Crippen LogP contribution < -0.4 is 0 Å². The van der Waals surface area contributed by atoms with Crippen LogP contribution in [0.15, 0.2) is 24.7 Å². The Morgan fingerprint density at radius 3 is 2.75 bits per heavy atom. The number of pyridine rings is 1. The number of aryl methyl sites for hydroxylation is 1. The Labute approximate surface area is 96.3 Å². The van der Waals surface area contributed by atoms with E-state index in [1.54, 1.807) is 12.4 Å². The number of carboxylic acid groups (broad SMARTS) is 1. The van der Waals surface area contributed by atoms with Crippen molar-refractivity contribution >= 4 is 17.6 Å². The third kappa shape index (κ3) is 1.90. The molecule has 0 aromatic carbocycles. The van der Waals surface area contributed by atoms with Gasteiger partial charge in [0, 0.05) is 12.4 Å². The van der Waals surface area contributed by atoms with E-state index in [9.17, 15) is 4.79 Å². The zero-order chi connectivity index (χ0) is 11.7. The third-order valence-electron chi connectivity index (χ3n) is 2.00. The molecule has 0 radical (unpaired) electrons. The molecule has 0 aliphatic carbocycles. The van der Waals surface area contributed by atoms with E-state index in [1.165, 1.54) is 16.9 Å². The molecule has 0 saturated heterocycles. The van der Waals surface area contributed by atoms with E-state index in [-0.39, 0.29) is 10.6 Å². The Bertz CT molecular complexity index is 551. The van der Waals surface area contributed by atoms with E-state index in [4.69, 9.17) is 16.7 Å². The van der Waals surface area contributed by atoms with Gasteiger partial charge in [0.15, 0.2) is 5.82 Å². The third-order valence-corrected chi connectivity index (χ3v) is 2.28. The normalized spacial score (nSPS) is 10.4. The van der Waals surface area contributed by atoms with E-state index >= 15 is 0 Å². The molecule has 0 saturated carbocycles. The molecule has 82 valence electrons. The molecular formula is C10H8ClN3O2. The van der Waals surface area contributed by atoms with Crippen LogP contribution in [0.4, 0.5) is 0 Å². The molecular weight excluding hydrogens is 230 g/mol. The molecule has 2 aromatic heterocycles. The van der Waals surface area contributed by atoms with Crippen LogP contribution >= 0.6 is 11.6 Å². The fraction of sp³-hybridized carbons (Fsp3) is 0.100. The summed E-state index contributed by atoms with van der Waals surface area (Å²) in [7, 11) is 0. The van der Waals surface area contributed by atoms with Crippen molar-refractivity contribution in [2.45, 2.75) is 6.92 Å². The molecule has 0 aliphatic rings. The number of rotatable bonds is 2. The topological polar surface area (TPSA) is 68.0 Å². The van der Waals surface area contributed by atoms with Crippen LogP contribution in [-0.2, 0) is 0 Å². The van der Waals surface area contributed by atoms with Crippen LogP contribution in [0.3, 0.4) is 0 Å². The van der Waals surface area contributed by atoms with Gasteiger partial charge < -0.3 is 5.11 Å². The van der Waals surface area contributed by atoms with Crippen molar-refractivity contribution in [1.82, 2.24) is 14.8 Å². The summed E-state index contributed by atoms with van der Waals surface area (Å²) >= 11 is 5.93. The first kappa shape index (κ1) is 10.6. The van der Waals surface area contributed by atoms with Crippen molar-refractivity contribution in [1.29, 1.82) is 0 Å². The van der Waals surface area contributed by atoms with Gasteiger partial charge in [-0.25, -0.2) is 14.5 Å². The Balaban J connectivity index is 2.47. The highest BCUT2D eigenvalue weighted by Crippen LogP contribution is 2.18. The largest absolute Gasteiger partial charge is 0.478 e. The molecule has 2 heterocycles. The van der Waals surface area contributed by atoms with Crippen LogP contribution in [0.5, 0.6) is 0 Å². The molecule has 0 aliphatic heterocycles. The predicted octanol–water partition coefficient (Wildman–Crippen LogP) is 1.93. The smallest absolute Gasteiger partial charge is 0.337 e. The monoisotopic (exact) mass is 237 g/mol. The fourth-order valence-corrected chi connectivity index (χ4v) is 1.50. The summed E-state index contributed by atoms with van der Waals surface area (Å²) in [4.78, 5) is 14.7. The standard InChI is InChI=1S/C10H8ClN3O2/c1-6-3-13-14(5-6)9-8(11)2-7(4-12-9)10(15)16/h2-5H,1H3,(H,15,16). The van der Waals surface area contributed by atoms with Gasteiger partial charge in [0.1, 0.15) is 0 Å². The van der Waals surface area contributed by atoms with Gasteiger partial charge in [0.25, 0.3) is 0 Å². The highest BCUT2D eigenvalue weighted by molar-refractivity contribution is 6.32. The highest BCUT2D eigenvalue weighted by Gasteiger charge is 2.10. The SMILES string of the molecule is Cc1cnn(-c2ncc(C(=O)O)cc2Cl)c1. The Morgan fingerprint density at radius 1 is 1.50 bits per heavy atom. The second-order valence-electron chi connectivity index (χ2n) is 3.30. The lowest BCUT2D eigenvalue weighted by Crippen LogP contribution is -2.03. The van der Waals surface area contributed by atoms with Crippen molar-refractivity contribution in [2.75, 3.05) is 0 Å². The maximum atomic E-state index is 10.7. The maximum Gasteiger partial charge on any atom is 0.337 e. The first-order valence-electron chi connectivity index (χ1n) is 4.48. The van der Waals surface area contributed by atoms with E-state index < -0.39 is 5.97 Å². The molecule has 16 heavy (non-hydrogen) atoms. The number of nitrogens with zero attached hydrogens (tertiary/aromatic N) is 3. The van der Waals surface area contributed by atoms with Crippen molar-refractivity contribution in [2.24, 2.45) is 0 Å². The molecule has 0 spiro atoms. The minimum atomic E-state index is -1.06. The molecule has 6 heteroatoms. The van der Waals surface area contributed by atoms with Gasteiger partial charge in [-0.15, -0.1) is 0 Å². The summed E-state index contributed by atoms with van der Waals surface area (Å²) in [5, 5.41) is 13.1. The number of hydrogen-bond acceptors (Lipinski definition) is 3. The number of halogens is 1. The second-order valence-corrected chi connectivity index (χ2v) is 3.70. The summed E-state index contributed by atoms with van der Waals surface area (Å²) in [5.74, 6) is -0.641. The number of aromatic nitrogens is 3. The highest BCUT2D eigenvalue weighted by atomic mass is 35.5. The average Bonchev–Trinajstić information content (AvgIpc) is 2.64. The number of carbonyl (C=O) groups is 1. The van der Waals surface area contributed by atoms with Gasteiger partial charge in [-0.1, -0.05) is 11.6 Å². The lowest BCUT2D eigenvalue weighted by Gasteiger charge is -2.03. The van der Waals surface area contributed by atoms with Gasteiger partial charge in [0.05, 0.1) is 16.8 Å². The van der Waals surface area contributed by atoms with E-state index in [0.717, 1.165) is 5.56 Å². The second kappa shape index (κ2) is 3.94. The molecule has 0 fully saturated rings. The van der Waals surface area contributed by atoms with Crippen molar-refractivity contribution in [3.05, 3.63) is 40.8 Å². The van der Waals surface area contributed by atoms with Crippen LogP contribution in [0.25, 0.3) is 5.82 Å². The Kier molecular flexibility index (Phi) is 2.62. The van der Waals surface area contributed by atoms with Gasteiger partial charge in [-0.2, -0.15) is 5.10 Å². The predicted molar refractivity (Wildman–Crippen MR) is 58.1 cm³/mol. The minimum absolute atomic E-state index is 0.0534. The molecule has 0 atom stereocenters. The van der Waals surface area contributed by atoms with Crippen LogP contribution in [0.2, 0.25) is 5.02 Å². The van der Waals surface area contributed by atoms with Gasteiger partial charge >= 0.3 is 5.97 Å². The quantitative estimate of drug-likeness (QED) is 0.867. The zero-order valence-electron chi connectivity index (χ0n) is 8.38. The maximum absolute atomic E-state index is 10.7. The molecule has 2 rings (SSSR count). The van der Waals surface area contributed by atoms with E-state index in [1.807, 2.05) is 6.92 Å². The van der Waals surface area contributed by atoms with Crippen LogP contribution in [0.1, 0.15) is 15.9 Å². The number of aromatic carboxylic acids is 1. The first-order chi connectivity index (χ1) is 7.58. The van der Waals surface area contributed by atoms with Gasteiger partial charge in [-0.05, 0) is 18.6 Å². The lowest BCUT2D eigenvalue weighted by atomic mass is 10.3. The average molecular weight is 238 g/mol. The Morgan fingerprint density at radius 2 is 2.25 bits per heavy atom. The molecule has 2 aromatic rings. The molecule has 0 bridgehead atoms. The Hall–Kier alpha value is -1.88. The lowest BCUT2D eigenvalue weighted by molar-refractivity contribution is 0.0696. The summed E-state index contributed by atoms with van der Waals surface area (Å²) in [6, 6.07) is 1.35.